The molecule has 0 fully saturated rings. The summed E-state index contributed by atoms with van der Waals surface area (Å²) in [5, 5.41) is 4.93. The molecule has 20 heavy (non-hydrogen) atoms. The molecule has 2 rings (SSSR count). The lowest BCUT2D eigenvalue weighted by molar-refractivity contribution is 0.416. The third-order valence-electron chi connectivity index (χ3n) is 2.89. The van der Waals surface area contributed by atoms with Crippen molar-refractivity contribution >= 4 is 27.3 Å². The molecular formula is C14H14BrF2NOS. The van der Waals surface area contributed by atoms with E-state index in [1.54, 1.807) is 13.2 Å². The first kappa shape index (κ1) is 15.4. The zero-order chi connectivity index (χ0) is 14.7. The van der Waals surface area contributed by atoms with Gasteiger partial charge >= 0.3 is 0 Å². The minimum Gasteiger partial charge on any atom is -0.496 e. The smallest absolute Gasteiger partial charge is 0.145 e. The molecule has 0 spiro atoms. The van der Waals surface area contributed by atoms with Gasteiger partial charge in [0.05, 0.1) is 17.6 Å². The van der Waals surface area contributed by atoms with Gasteiger partial charge in [0.15, 0.2) is 0 Å². The summed E-state index contributed by atoms with van der Waals surface area (Å²) in [5.74, 6) is -0.462. The van der Waals surface area contributed by atoms with E-state index >= 15 is 0 Å². The third kappa shape index (κ3) is 3.02. The van der Waals surface area contributed by atoms with Crippen LogP contribution in [0.3, 0.4) is 0 Å². The van der Waals surface area contributed by atoms with Gasteiger partial charge in [0.25, 0.3) is 0 Å². The second kappa shape index (κ2) is 6.65. The molecule has 0 radical (unpaired) electrons. The van der Waals surface area contributed by atoms with E-state index in [2.05, 4.69) is 21.2 Å². The number of nitrogens with one attached hydrogen (secondary N) is 1. The van der Waals surface area contributed by atoms with E-state index in [0.717, 1.165) is 4.88 Å². The summed E-state index contributed by atoms with van der Waals surface area (Å²) in [5.41, 5.74) is 0.0192. The summed E-state index contributed by atoms with van der Waals surface area (Å²) in [6.45, 7) is 2.49. The van der Waals surface area contributed by atoms with Gasteiger partial charge in [0.1, 0.15) is 17.4 Å². The van der Waals surface area contributed by atoms with Crippen molar-refractivity contribution in [3.63, 3.8) is 0 Å². The van der Waals surface area contributed by atoms with Crippen molar-refractivity contribution < 1.29 is 13.5 Å². The monoisotopic (exact) mass is 361 g/mol. The number of hydrogen-bond donors (Lipinski definition) is 1. The maximum absolute atomic E-state index is 14.3. The summed E-state index contributed by atoms with van der Waals surface area (Å²) < 4.78 is 33.7. The lowest BCUT2D eigenvalue weighted by atomic mass is 10.0. The Bertz CT molecular complexity index is 603. The van der Waals surface area contributed by atoms with E-state index in [9.17, 15) is 8.78 Å². The third-order valence-corrected chi connectivity index (χ3v) is 4.48. The van der Waals surface area contributed by atoms with Crippen molar-refractivity contribution in [2.75, 3.05) is 13.7 Å². The SMILES string of the molecule is CCNC(c1cc(OC)cs1)c1c(F)ccc(Br)c1F. The van der Waals surface area contributed by atoms with Crippen molar-refractivity contribution in [1.29, 1.82) is 0 Å². The molecule has 0 aliphatic heterocycles. The van der Waals surface area contributed by atoms with Gasteiger partial charge in [-0.05, 0) is 40.7 Å². The highest BCUT2D eigenvalue weighted by Crippen LogP contribution is 2.35. The van der Waals surface area contributed by atoms with Crippen LogP contribution in [0.4, 0.5) is 8.78 Å². The van der Waals surface area contributed by atoms with Crippen molar-refractivity contribution in [2.45, 2.75) is 13.0 Å². The van der Waals surface area contributed by atoms with Gasteiger partial charge in [-0.2, -0.15) is 0 Å². The topological polar surface area (TPSA) is 21.3 Å². The molecule has 0 saturated carbocycles. The zero-order valence-electron chi connectivity index (χ0n) is 11.0. The Kier molecular flexibility index (Phi) is 5.12. The summed E-state index contributed by atoms with van der Waals surface area (Å²) in [6, 6.07) is 3.88. The predicted octanol–water partition coefficient (Wildman–Crippen LogP) is 4.50. The lowest BCUT2D eigenvalue weighted by Crippen LogP contribution is -2.23. The van der Waals surface area contributed by atoms with Crippen LogP contribution in [0.1, 0.15) is 23.4 Å². The summed E-state index contributed by atoms with van der Waals surface area (Å²) in [7, 11) is 1.56. The minimum absolute atomic E-state index is 0.0192. The largest absolute Gasteiger partial charge is 0.496 e. The molecule has 1 atom stereocenters. The average Bonchev–Trinajstić information content (AvgIpc) is 2.91. The Balaban J connectivity index is 2.51. The van der Waals surface area contributed by atoms with Gasteiger partial charge in [-0.3, -0.25) is 0 Å². The number of methoxy groups -OCH3 is 1. The fourth-order valence-corrected chi connectivity index (χ4v) is 3.23. The molecule has 6 heteroatoms. The van der Waals surface area contributed by atoms with Gasteiger partial charge < -0.3 is 10.1 Å². The Hall–Kier alpha value is -0.980. The molecular weight excluding hydrogens is 348 g/mol. The summed E-state index contributed by atoms with van der Waals surface area (Å²) in [6.07, 6.45) is 0. The second-order valence-corrected chi connectivity index (χ2v) is 5.93. The van der Waals surface area contributed by atoms with E-state index in [4.69, 9.17) is 4.74 Å². The normalized spacial score (nSPS) is 12.4. The first-order chi connectivity index (χ1) is 9.58. The fourth-order valence-electron chi connectivity index (χ4n) is 1.95. The Morgan fingerprint density at radius 3 is 2.75 bits per heavy atom. The van der Waals surface area contributed by atoms with E-state index < -0.39 is 17.7 Å². The number of ether oxygens (including phenoxy) is 1. The summed E-state index contributed by atoms with van der Waals surface area (Å²) in [4.78, 5) is 0.805. The van der Waals surface area contributed by atoms with E-state index in [0.29, 0.717) is 12.3 Å². The van der Waals surface area contributed by atoms with Crippen LogP contribution in [-0.2, 0) is 0 Å². The molecule has 1 unspecified atom stereocenters. The maximum atomic E-state index is 14.3. The fraction of sp³-hybridized carbons (Fsp3) is 0.286. The maximum Gasteiger partial charge on any atom is 0.145 e. The highest BCUT2D eigenvalue weighted by atomic mass is 79.9. The standard InChI is InChI=1S/C14H14BrF2NOS/c1-3-18-14(11-6-8(19-2)7-20-11)12-10(16)5-4-9(15)13(12)17/h4-7,14,18H,3H2,1-2H3. The van der Waals surface area contributed by atoms with Crippen molar-refractivity contribution in [3.05, 3.63) is 50.1 Å². The first-order valence-corrected chi connectivity index (χ1v) is 7.75. The van der Waals surface area contributed by atoms with Gasteiger partial charge in [0.2, 0.25) is 0 Å². The molecule has 0 saturated heterocycles. The zero-order valence-corrected chi connectivity index (χ0v) is 13.4. The van der Waals surface area contributed by atoms with Crippen molar-refractivity contribution in [2.24, 2.45) is 0 Å². The molecule has 2 aromatic rings. The Labute approximate surface area is 128 Å². The van der Waals surface area contributed by atoms with Crippen LogP contribution in [0.25, 0.3) is 0 Å². The average molecular weight is 362 g/mol. The van der Waals surface area contributed by atoms with E-state index in [1.165, 1.54) is 23.5 Å². The van der Waals surface area contributed by atoms with Crippen LogP contribution >= 0.6 is 27.3 Å². The van der Waals surface area contributed by atoms with Gasteiger partial charge in [-0.25, -0.2) is 8.78 Å². The van der Waals surface area contributed by atoms with Crippen molar-refractivity contribution in [3.8, 4) is 5.75 Å². The van der Waals surface area contributed by atoms with Crippen LogP contribution < -0.4 is 10.1 Å². The molecule has 1 aromatic carbocycles. The van der Waals surface area contributed by atoms with E-state index in [-0.39, 0.29) is 10.0 Å². The van der Waals surface area contributed by atoms with E-state index in [1.807, 2.05) is 12.3 Å². The van der Waals surface area contributed by atoms with Gasteiger partial charge in [0, 0.05) is 15.8 Å². The molecule has 108 valence electrons. The second-order valence-electron chi connectivity index (χ2n) is 4.14. The number of thiophene rings is 1. The van der Waals surface area contributed by atoms with Crippen LogP contribution in [-0.4, -0.2) is 13.7 Å². The molecule has 0 aliphatic carbocycles. The molecule has 0 bridgehead atoms. The van der Waals surface area contributed by atoms with Crippen LogP contribution in [0.15, 0.2) is 28.1 Å². The van der Waals surface area contributed by atoms with Crippen LogP contribution in [0.2, 0.25) is 0 Å². The Morgan fingerprint density at radius 1 is 1.40 bits per heavy atom. The molecule has 2 nitrogen and oxygen atoms in total. The molecule has 1 aromatic heterocycles. The van der Waals surface area contributed by atoms with Gasteiger partial charge in [-0.1, -0.05) is 6.92 Å². The number of halogens is 3. The number of benzene rings is 1. The molecule has 1 heterocycles. The van der Waals surface area contributed by atoms with Crippen molar-refractivity contribution in [1.82, 2.24) is 5.32 Å². The van der Waals surface area contributed by atoms with Crippen LogP contribution in [0, 0.1) is 11.6 Å². The van der Waals surface area contributed by atoms with Crippen LogP contribution in [0.5, 0.6) is 5.75 Å². The first-order valence-electron chi connectivity index (χ1n) is 6.07. The highest BCUT2D eigenvalue weighted by Gasteiger charge is 2.24. The summed E-state index contributed by atoms with van der Waals surface area (Å²) >= 11 is 4.50. The molecule has 1 N–H and O–H groups in total. The predicted molar refractivity (Wildman–Crippen MR) is 80.4 cm³/mol. The molecule has 0 amide bonds. The van der Waals surface area contributed by atoms with Gasteiger partial charge in [-0.15, -0.1) is 11.3 Å². The number of hydrogen-bond acceptors (Lipinski definition) is 3. The minimum atomic E-state index is -0.580. The lowest BCUT2D eigenvalue weighted by Gasteiger charge is -2.19. The Morgan fingerprint density at radius 2 is 2.15 bits per heavy atom. The number of rotatable bonds is 5. The molecule has 0 aliphatic rings. The quantitative estimate of drug-likeness (QED) is 0.791. The highest BCUT2D eigenvalue weighted by molar-refractivity contribution is 9.10.